The van der Waals surface area contributed by atoms with Gasteiger partial charge in [0.2, 0.25) is 11.9 Å². The van der Waals surface area contributed by atoms with Crippen LogP contribution in [0.15, 0.2) is 36.5 Å². The van der Waals surface area contributed by atoms with Crippen LogP contribution >= 0.6 is 0 Å². The number of nitrogens with one attached hydrogen (secondary N) is 1. The first kappa shape index (κ1) is 14.1. The number of carbonyl (C=O) groups is 1. The summed E-state index contributed by atoms with van der Waals surface area (Å²) in [5.74, 6) is -0.231. The van der Waals surface area contributed by atoms with Gasteiger partial charge in [0.1, 0.15) is 11.3 Å². The van der Waals surface area contributed by atoms with Crippen molar-refractivity contribution in [2.24, 2.45) is 0 Å². The highest BCUT2D eigenvalue weighted by Crippen LogP contribution is 2.22. The Morgan fingerprint density at radius 1 is 1.14 bits per heavy atom. The molecule has 22 heavy (non-hydrogen) atoms. The minimum absolute atomic E-state index is 0.231. The summed E-state index contributed by atoms with van der Waals surface area (Å²) in [6.45, 7) is 3.11. The lowest BCUT2D eigenvalue weighted by Crippen LogP contribution is -2.09. The molecule has 0 saturated heterocycles. The van der Waals surface area contributed by atoms with Crippen LogP contribution in [0.3, 0.4) is 0 Å². The van der Waals surface area contributed by atoms with E-state index in [0.717, 1.165) is 5.56 Å². The van der Waals surface area contributed by atoms with Crippen molar-refractivity contribution < 1.29 is 9.18 Å². The molecule has 0 spiro atoms. The molecule has 1 aromatic carbocycles. The molecule has 110 valence electrons. The molecule has 0 unspecified atom stereocenters. The molecule has 0 atom stereocenters. The van der Waals surface area contributed by atoms with Gasteiger partial charge < -0.3 is 0 Å². The number of pyridine rings is 1. The number of nitrogens with zero attached hydrogens (tertiary/aromatic N) is 3. The molecule has 0 fully saturated rings. The topological polar surface area (TPSA) is 67.8 Å². The van der Waals surface area contributed by atoms with E-state index in [4.69, 9.17) is 0 Å². The predicted octanol–water partition coefficient (Wildman–Crippen LogP) is 3.10. The molecule has 6 heteroatoms. The molecule has 3 aromatic rings. The molecule has 2 aromatic heterocycles. The average molecular weight is 296 g/mol. The van der Waals surface area contributed by atoms with Crippen molar-refractivity contribution in [1.29, 1.82) is 0 Å². The van der Waals surface area contributed by atoms with Crippen LogP contribution in [0, 0.1) is 12.7 Å². The zero-order valence-electron chi connectivity index (χ0n) is 12.1. The Kier molecular flexibility index (Phi) is 3.50. The van der Waals surface area contributed by atoms with E-state index in [-0.39, 0.29) is 17.7 Å². The van der Waals surface area contributed by atoms with E-state index in [0.29, 0.717) is 22.3 Å². The highest BCUT2D eigenvalue weighted by atomic mass is 19.1. The Morgan fingerprint density at radius 3 is 2.68 bits per heavy atom. The van der Waals surface area contributed by atoms with Crippen LogP contribution in [-0.2, 0) is 4.79 Å². The van der Waals surface area contributed by atoms with E-state index in [1.54, 1.807) is 37.4 Å². The fourth-order valence-electron chi connectivity index (χ4n) is 2.10. The molecule has 1 N–H and O–H groups in total. The summed E-state index contributed by atoms with van der Waals surface area (Å²) in [6, 6.07) is 8.45. The Morgan fingerprint density at radius 2 is 1.95 bits per heavy atom. The Balaban J connectivity index is 2.02. The van der Waals surface area contributed by atoms with Gasteiger partial charge in [0.05, 0.1) is 17.4 Å². The van der Waals surface area contributed by atoms with E-state index >= 15 is 0 Å². The second-order valence-corrected chi connectivity index (χ2v) is 4.94. The SMILES string of the molecule is CC(=O)Nc1ncc2nc(-c3ccc(F)c(C)c3)ccc2n1. The second-order valence-electron chi connectivity index (χ2n) is 4.94. The fourth-order valence-corrected chi connectivity index (χ4v) is 2.10. The summed E-state index contributed by atoms with van der Waals surface area (Å²) in [5, 5.41) is 2.53. The van der Waals surface area contributed by atoms with Crippen LogP contribution in [0.25, 0.3) is 22.3 Å². The maximum absolute atomic E-state index is 13.3. The Labute approximate surface area is 126 Å². The largest absolute Gasteiger partial charge is 0.295 e. The summed E-state index contributed by atoms with van der Waals surface area (Å²) < 4.78 is 13.3. The number of amides is 1. The van der Waals surface area contributed by atoms with E-state index in [1.807, 2.05) is 0 Å². The number of aryl methyl sites for hydroxylation is 1. The minimum atomic E-state index is -0.243. The predicted molar refractivity (Wildman–Crippen MR) is 81.8 cm³/mol. The van der Waals surface area contributed by atoms with Gasteiger partial charge in [0, 0.05) is 12.5 Å². The van der Waals surface area contributed by atoms with Crippen LogP contribution < -0.4 is 5.32 Å². The first-order chi connectivity index (χ1) is 10.5. The summed E-state index contributed by atoms with van der Waals surface area (Å²) in [5.41, 5.74) is 3.34. The molecule has 0 bridgehead atoms. The minimum Gasteiger partial charge on any atom is -0.295 e. The van der Waals surface area contributed by atoms with Gasteiger partial charge in [-0.2, -0.15) is 0 Å². The number of carbonyl (C=O) groups excluding carboxylic acids is 1. The van der Waals surface area contributed by atoms with E-state index in [9.17, 15) is 9.18 Å². The summed E-state index contributed by atoms with van der Waals surface area (Å²) >= 11 is 0. The van der Waals surface area contributed by atoms with Gasteiger partial charge in [-0.25, -0.2) is 19.3 Å². The number of hydrogen-bond acceptors (Lipinski definition) is 4. The average Bonchev–Trinajstić information content (AvgIpc) is 2.49. The molecular formula is C16H13FN4O. The number of fused-ring (bicyclic) bond motifs is 1. The van der Waals surface area contributed by atoms with Crippen LogP contribution in [0.1, 0.15) is 12.5 Å². The van der Waals surface area contributed by atoms with Gasteiger partial charge in [0.15, 0.2) is 0 Å². The maximum Gasteiger partial charge on any atom is 0.230 e. The van der Waals surface area contributed by atoms with Gasteiger partial charge in [-0.3, -0.25) is 10.1 Å². The van der Waals surface area contributed by atoms with Crippen molar-refractivity contribution in [3.63, 3.8) is 0 Å². The van der Waals surface area contributed by atoms with E-state index < -0.39 is 0 Å². The number of hydrogen-bond donors (Lipinski definition) is 1. The van der Waals surface area contributed by atoms with Crippen molar-refractivity contribution in [1.82, 2.24) is 15.0 Å². The Hall–Kier alpha value is -2.89. The van der Waals surface area contributed by atoms with Crippen molar-refractivity contribution in [3.05, 3.63) is 47.9 Å². The van der Waals surface area contributed by atoms with Crippen LogP contribution in [0.2, 0.25) is 0 Å². The van der Waals surface area contributed by atoms with Crippen molar-refractivity contribution >= 4 is 22.9 Å². The third-order valence-electron chi connectivity index (χ3n) is 3.18. The molecule has 2 heterocycles. The van der Waals surface area contributed by atoms with E-state index in [2.05, 4.69) is 20.3 Å². The van der Waals surface area contributed by atoms with Gasteiger partial charge in [-0.05, 0) is 42.8 Å². The maximum atomic E-state index is 13.3. The molecule has 0 aliphatic rings. The van der Waals surface area contributed by atoms with Crippen molar-refractivity contribution in [2.45, 2.75) is 13.8 Å². The zero-order chi connectivity index (χ0) is 15.7. The zero-order valence-corrected chi connectivity index (χ0v) is 12.1. The second kappa shape index (κ2) is 5.48. The van der Waals surface area contributed by atoms with Gasteiger partial charge in [-0.15, -0.1) is 0 Å². The summed E-state index contributed by atoms with van der Waals surface area (Å²) in [4.78, 5) is 23.8. The third kappa shape index (κ3) is 2.76. The first-order valence-corrected chi connectivity index (χ1v) is 6.71. The fraction of sp³-hybridized carbons (Fsp3) is 0.125. The monoisotopic (exact) mass is 296 g/mol. The number of benzene rings is 1. The number of rotatable bonds is 2. The lowest BCUT2D eigenvalue weighted by atomic mass is 10.1. The molecule has 5 nitrogen and oxygen atoms in total. The molecule has 1 amide bonds. The quantitative estimate of drug-likeness (QED) is 0.789. The molecule has 0 aliphatic carbocycles. The number of halogens is 1. The van der Waals surface area contributed by atoms with Crippen LogP contribution in [-0.4, -0.2) is 20.9 Å². The standard InChI is InChI=1S/C16H13FN4O/c1-9-7-11(3-4-12(9)17)13-5-6-14-15(20-13)8-18-16(21-14)19-10(2)22/h3-8H,1-2H3,(H,18,19,21,22). The molecule has 0 saturated carbocycles. The lowest BCUT2D eigenvalue weighted by Gasteiger charge is -2.06. The van der Waals surface area contributed by atoms with Gasteiger partial charge >= 0.3 is 0 Å². The summed E-state index contributed by atoms with van der Waals surface area (Å²) in [7, 11) is 0. The third-order valence-corrected chi connectivity index (χ3v) is 3.18. The van der Waals surface area contributed by atoms with Gasteiger partial charge in [0.25, 0.3) is 0 Å². The van der Waals surface area contributed by atoms with E-state index in [1.165, 1.54) is 13.0 Å². The Bertz CT molecular complexity index is 879. The first-order valence-electron chi connectivity index (χ1n) is 6.71. The van der Waals surface area contributed by atoms with Crippen molar-refractivity contribution in [3.8, 4) is 11.3 Å². The number of aromatic nitrogens is 3. The normalized spacial score (nSPS) is 10.7. The van der Waals surface area contributed by atoms with Gasteiger partial charge in [-0.1, -0.05) is 0 Å². The number of anilines is 1. The molecular weight excluding hydrogens is 283 g/mol. The summed E-state index contributed by atoms with van der Waals surface area (Å²) in [6.07, 6.45) is 1.55. The lowest BCUT2D eigenvalue weighted by molar-refractivity contribution is -0.114. The van der Waals surface area contributed by atoms with Crippen LogP contribution in [0.5, 0.6) is 0 Å². The highest BCUT2D eigenvalue weighted by molar-refractivity contribution is 5.88. The molecule has 0 radical (unpaired) electrons. The molecule has 0 aliphatic heterocycles. The smallest absolute Gasteiger partial charge is 0.230 e. The molecule has 3 rings (SSSR count). The van der Waals surface area contributed by atoms with Crippen molar-refractivity contribution in [2.75, 3.05) is 5.32 Å². The highest BCUT2D eigenvalue weighted by Gasteiger charge is 2.07. The van der Waals surface area contributed by atoms with Crippen LogP contribution in [0.4, 0.5) is 10.3 Å².